The average Bonchev–Trinajstić information content (AvgIpc) is 2.86. The third kappa shape index (κ3) is 4.16. The van der Waals surface area contributed by atoms with E-state index < -0.39 is 29.3 Å². The van der Waals surface area contributed by atoms with Gasteiger partial charge in [-0.25, -0.2) is 9.59 Å². The van der Waals surface area contributed by atoms with Crippen LogP contribution >= 0.6 is 0 Å². The summed E-state index contributed by atoms with van der Waals surface area (Å²) in [7, 11) is 0. The Balaban J connectivity index is 1.88. The van der Waals surface area contributed by atoms with Gasteiger partial charge in [0, 0.05) is 12.5 Å². The van der Waals surface area contributed by atoms with Crippen molar-refractivity contribution in [1.29, 1.82) is 0 Å². The summed E-state index contributed by atoms with van der Waals surface area (Å²) in [5, 5.41) is 2.23. The summed E-state index contributed by atoms with van der Waals surface area (Å²) in [6.45, 7) is 5.32. The van der Waals surface area contributed by atoms with Crippen LogP contribution in [0.15, 0.2) is 33.5 Å². The van der Waals surface area contributed by atoms with Gasteiger partial charge < -0.3 is 9.15 Å². The minimum absolute atomic E-state index is 0.159. The number of esters is 1. The highest BCUT2D eigenvalue weighted by Crippen LogP contribution is 2.24. The van der Waals surface area contributed by atoms with E-state index in [1.165, 1.54) is 10.6 Å². The Morgan fingerprint density at radius 2 is 2.04 bits per heavy atom. The number of benzene rings is 1. The molecule has 8 nitrogen and oxygen atoms in total. The van der Waals surface area contributed by atoms with E-state index in [0.717, 1.165) is 0 Å². The van der Waals surface area contributed by atoms with Crippen molar-refractivity contribution in [2.45, 2.75) is 45.3 Å². The number of rotatable bonds is 3. The Morgan fingerprint density at radius 1 is 1.30 bits per heavy atom. The molecule has 1 aromatic heterocycles. The first-order valence-electron chi connectivity index (χ1n) is 8.54. The average molecular weight is 372 g/mol. The van der Waals surface area contributed by atoms with Crippen molar-refractivity contribution in [2.24, 2.45) is 0 Å². The molecule has 0 aliphatic carbocycles. The molecule has 0 radical (unpaired) electrons. The van der Waals surface area contributed by atoms with Gasteiger partial charge in [-0.3, -0.25) is 19.5 Å². The summed E-state index contributed by atoms with van der Waals surface area (Å²) < 4.78 is 11.7. The Hall–Kier alpha value is -3.16. The maximum absolute atomic E-state index is 12.2. The maximum atomic E-state index is 12.2. The molecule has 3 rings (SSSR count). The van der Waals surface area contributed by atoms with Crippen molar-refractivity contribution in [3.63, 3.8) is 0 Å². The molecule has 1 N–H and O–H groups in total. The molecule has 1 saturated heterocycles. The van der Waals surface area contributed by atoms with E-state index in [1.807, 2.05) is 0 Å². The number of hydrogen-bond acceptors (Lipinski definition) is 6. The minimum Gasteiger partial charge on any atom is -0.457 e. The number of carbonyl (C=O) groups is 3. The maximum Gasteiger partial charge on any atom is 0.420 e. The summed E-state index contributed by atoms with van der Waals surface area (Å²) in [5.41, 5.74) is 0.787. The Labute approximate surface area is 154 Å². The molecule has 8 heteroatoms. The van der Waals surface area contributed by atoms with E-state index in [0.29, 0.717) is 11.1 Å². The summed E-state index contributed by atoms with van der Waals surface area (Å²) in [6.07, 6.45) is 3.24. The number of hydrogen-bond donors (Lipinski definition) is 1. The van der Waals surface area contributed by atoms with Crippen LogP contribution in [0.2, 0.25) is 0 Å². The number of amides is 2. The van der Waals surface area contributed by atoms with E-state index in [2.05, 4.69) is 5.32 Å². The van der Waals surface area contributed by atoms with Crippen molar-refractivity contribution < 1.29 is 23.5 Å². The molecular formula is C19H20N2O6. The third-order valence-corrected chi connectivity index (χ3v) is 3.98. The molecule has 142 valence electrons. The van der Waals surface area contributed by atoms with Gasteiger partial charge in [0.1, 0.15) is 11.6 Å². The quantitative estimate of drug-likeness (QED) is 0.501. The standard InChI is InChI=1S/C19H20N2O6/c1-19(2,3)27-16(23)9-5-11-4-6-12-14(10-11)26-18(25)21(12)13-7-8-15(22)20-17(13)24/h4-6,9-10,13H,7-8H2,1-3H3,(H,20,22,24)/b9-5+. The number of aromatic nitrogens is 1. The molecule has 1 fully saturated rings. The van der Waals surface area contributed by atoms with Gasteiger partial charge in [0.05, 0.1) is 5.52 Å². The Morgan fingerprint density at radius 3 is 2.70 bits per heavy atom. The van der Waals surface area contributed by atoms with Crippen molar-refractivity contribution in [2.75, 3.05) is 0 Å². The van der Waals surface area contributed by atoms with Crippen molar-refractivity contribution in [3.8, 4) is 0 Å². The monoisotopic (exact) mass is 372 g/mol. The largest absolute Gasteiger partial charge is 0.457 e. The highest BCUT2D eigenvalue weighted by atomic mass is 16.6. The molecule has 1 aliphatic rings. The first kappa shape index (κ1) is 18.6. The van der Waals surface area contributed by atoms with Crippen LogP contribution in [-0.2, 0) is 19.1 Å². The van der Waals surface area contributed by atoms with Gasteiger partial charge in [0.15, 0.2) is 5.58 Å². The van der Waals surface area contributed by atoms with E-state index in [4.69, 9.17) is 9.15 Å². The molecule has 1 aromatic carbocycles. The lowest BCUT2D eigenvalue weighted by atomic mass is 10.1. The number of ether oxygens (including phenoxy) is 1. The fourth-order valence-corrected chi connectivity index (χ4v) is 2.88. The number of fused-ring (bicyclic) bond motifs is 1. The van der Waals surface area contributed by atoms with Crippen molar-refractivity contribution in [1.82, 2.24) is 9.88 Å². The van der Waals surface area contributed by atoms with Crippen LogP contribution in [0.4, 0.5) is 0 Å². The van der Waals surface area contributed by atoms with Gasteiger partial charge >= 0.3 is 11.7 Å². The lowest BCUT2D eigenvalue weighted by Crippen LogP contribution is -2.43. The van der Waals surface area contributed by atoms with Crippen LogP contribution in [0.25, 0.3) is 17.2 Å². The first-order chi connectivity index (χ1) is 12.6. The fraction of sp³-hybridized carbons (Fsp3) is 0.368. The van der Waals surface area contributed by atoms with Crippen molar-refractivity contribution in [3.05, 3.63) is 40.4 Å². The van der Waals surface area contributed by atoms with Crippen LogP contribution in [-0.4, -0.2) is 28.0 Å². The molecule has 0 spiro atoms. The van der Waals surface area contributed by atoms with Gasteiger partial charge in [0.25, 0.3) is 0 Å². The van der Waals surface area contributed by atoms with Crippen molar-refractivity contribution >= 4 is 35.0 Å². The highest BCUT2D eigenvalue weighted by molar-refractivity contribution is 6.00. The molecule has 0 bridgehead atoms. The zero-order valence-corrected chi connectivity index (χ0v) is 15.3. The number of carbonyl (C=O) groups excluding carboxylic acids is 3. The van der Waals surface area contributed by atoms with Crippen LogP contribution in [0, 0.1) is 0 Å². The Kier molecular flexibility index (Phi) is 4.73. The minimum atomic E-state index is -0.792. The van der Waals surface area contributed by atoms with Crippen LogP contribution < -0.4 is 11.1 Å². The van der Waals surface area contributed by atoms with Crippen LogP contribution in [0.3, 0.4) is 0 Å². The number of piperidine rings is 1. The summed E-state index contributed by atoms with van der Waals surface area (Å²) in [6, 6.07) is 4.14. The number of oxazole rings is 1. The van der Waals surface area contributed by atoms with Gasteiger partial charge in [-0.05, 0) is 51.0 Å². The number of imide groups is 1. The summed E-state index contributed by atoms with van der Waals surface area (Å²) in [5.74, 6) is -2.03. The number of nitrogens with one attached hydrogen (secondary N) is 1. The molecule has 1 unspecified atom stereocenters. The van der Waals surface area contributed by atoms with Crippen LogP contribution in [0.1, 0.15) is 45.2 Å². The van der Waals surface area contributed by atoms with E-state index in [9.17, 15) is 19.2 Å². The normalized spacial score (nSPS) is 18.1. The molecule has 2 heterocycles. The Bertz CT molecular complexity index is 1010. The fourth-order valence-electron chi connectivity index (χ4n) is 2.88. The zero-order valence-electron chi connectivity index (χ0n) is 15.3. The smallest absolute Gasteiger partial charge is 0.420 e. The molecular weight excluding hydrogens is 352 g/mol. The predicted octanol–water partition coefficient (Wildman–Crippen LogP) is 1.93. The molecule has 1 aliphatic heterocycles. The van der Waals surface area contributed by atoms with Gasteiger partial charge in [-0.1, -0.05) is 6.07 Å². The summed E-state index contributed by atoms with van der Waals surface area (Å²) in [4.78, 5) is 47.4. The number of nitrogens with zero attached hydrogens (tertiary/aromatic N) is 1. The summed E-state index contributed by atoms with van der Waals surface area (Å²) >= 11 is 0. The van der Waals surface area contributed by atoms with E-state index in [1.54, 1.807) is 45.0 Å². The molecule has 2 aromatic rings. The topological polar surface area (TPSA) is 108 Å². The van der Waals surface area contributed by atoms with Crippen LogP contribution in [0.5, 0.6) is 0 Å². The van der Waals surface area contributed by atoms with Gasteiger partial charge in [0.2, 0.25) is 11.8 Å². The lowest BCUT2D eigenvalue weighted by molar-refractivity contribution is -0.148. The third-order valence-electron chi connectivity index (χ3n) is 3.98. The van der Waals surface area contributed by atoms with Gasteiger partial charge in [-0.15, -0.1) is 0 Å². The van der Waals surface area contributed by atoms with Gasteiger partial charge in [-0.2, -0.15) is 0 Å². The second-order valence-electron chi connectivity index (χ2n) is 7.30. The zero-order chi connectivity index (χ0) is 19.8. The molecule has 27 heavy (non-hydrogen) atoms. The molecule has 0 saturated carbocycles. The second kappa shape index (κ2) is 6.86. The SMILES string of the molecule is CC(C)(C)OC(=O)/C=C/c1ccc2c(c1)oc(=O)n2C1CCC(=O)NC1=O. The molecule has 2 amide bonds. The van der Waals surface area contributed by atoms with E-state index in [-0.39, 0.29) is 24.3 Å². The van der Waals surface area contributed by atoms with E-state index >= 15 is 0 Å². The predicted molar refractivity (Wildman–Crippen MR) is 96.8 cm³/mol. The first-order valence-corrected chi connectivity index (χ1v) is 8.54. The molecule has 1 atom stereocenters. The lowest BCUT2D eigenvalue weighted by Gasteiger charge is -2.21. The highest BCUT2D eigenvalue weighted by Gasteiger charge is 2.31. The second-order valence-corrected chi connectivity index (χ2v) is 7.30.